The monoisotopic (exact) mass is 336 g/mol. The average molecular weight is 336 g/mol. The van der Waals surface area contributed by atoms with Crippen LogP contribution in [0.4, 0.5) is 23.7 Å². The Balaban J connectivity index is 1.82. The van der Waals surface area contributed by atoms with Gasteiger partial charge in [0.2, 0.25) is 0 Å². The van der Waals surface area contributed by atoms with E-state index < -0.39 is 30.1 Å². The lowest BCUT2D eigenvalue weighted by molar-refractivity contribution is -0.274. The summed E-state index contributed by atoms with van der Waals surface area (Å²) in [6, 6.07) is 11.7. The Hall–Kier alpha value is -3.03. The van der Waals surface area contributed by atoms with Crippen molar-refractivity contribution < 1.29 is 27.5 Å². The number of benzene rings is 2. The number of carbonyl (C=O) groups excluding carboxylic acids is 2. The van der Waals surface area contributed by atoms with Gasteiger partial charge in [-0.2, -0.15) is 0 Å². The molecular formula is C16H11F3N2O3. The number of alkyl halides is 3. The van der Waals surface area contributed by atoms with Crippen LogP contribution >= 0.6 is 0 Å². The smallest absolute Gasteiger partial charge is 0.406 e. The number of anilines is 1. The molecule has 0 spiro atoms. The molecular weight excluding hydrogens is 325 g/mol. The maximum atomic E-state index is 12.5. The lowest BCUT2D eigenvalue weighted by Gasteiger charge is -2.14. The lowest BCUT2D eigenvalue weighted by Crippen LogP contribution is -2.30. The first-order valence-electron chi connectivity index (χ1n) is 6.90. The van der Waals surface area contributed by atoms with Crippen LogP contribution in [0.15, 0.2) is 54.6 Å². The number of ether oxygens (including phenoxy) is 1. The maximum Gasteiger partial charge on any atom is 0.573 e. The van der Waals surface area contributed by atoms with E-state index in [1.807, 2.05) is 0 Å². The number of amides is 3. The molecule has 1 heterocycles. The molecule has 2 aromatic rings. The first kappa shape index (κ1) is 15.9. The molecule has 0 saturated carbocycles. The molecule has 1 aliphatic rings. The van der Waals surface area contributed by atoms with E-state index in [1.165, 1.54) is 12.1 Å². The van der Waals surface area contributed by atoms with E-state index in [9.17, 15) is 22.8 Å². The standard InChI is InChI=1S/C16H11F3N2O3/c17-16(18,19)24-12-8-6-11(7-9-12)21-14(22)13(20-15(21)23)10-4-2-1-3-5-10/h1-9,13H,(H,20,23)/t13-/m1/s1. The maximum absolute atomic E-state index is 12.5. The minimum atomic E-state index is -4.80. The molecule has 0 aromatic heterocycles. The second kappa shape index (κ2) is 5.88. The molecule has 3 amide bonds. The third kappa shape index (κ3) is 3.17. The molecule has 0 radical (unpaired) electrons. The second-order valence-electron chi connectivity index (χ2n) is 5.01. The average Bonchev–Trinajstić information content (AvgIpc) is 2.83. The number of imide groups is 1. The molecule has 5 nitrogen and oxygen atoms in total. The highest BCUT2D eigenvalue weighted by molar-refractivity contribution is 6.21. The number of rotatable bonds is 3. The van der Waals surface area contributed by atoms with Crippen molar-refractivity contribution >= 4 is 17.6 Å². The van der Waals surface area contributed by atoms with Gasteiger partial charge in [0, 0.05) is 0 Å². The summed E-state index contributed by atoms with van der Waals surface area (Å²) in [5, 5.41) is 2.55. The Morgan fingerprint density at radius 2 is 1.58 bits per heavy atom. The van der Waals surface area contributed by atoms with Crippen LogP contribution in [0.3, 0.4) is 0 Å². The number of halogens is 3. The van der Waals surface area contributed by atoms with E-state index in [0.717, 1.165) is 17.0 Å². The van der Waals surface area contributed by atoms with Gasteiger partial charge in [-0.05, 0) is 29.8 Å². The van der Waals surface area contributed by atoms with Gasteiger partial charge in [0.15, 0.2) is 0 Å². The van der Waals surface area contributed by atoms with Crippen LogP contribution in [-0.2, 0) is 4.79 Å². The number of nitrogens with zero attached hydrogens (tertiary/aromatic N) is 1. The van der Waals surface area contributed by atoms with Crippen LogP contribution < -0.4 is 15.0 Å². The SMILES string of the molecule is O=C1N[C@H](c2ccccc2)C(=O)N1c1ccc(OC(F)(F)F)cc1. The van der Waals surface area contributed by atoms with Crippen LogP contribution in [0.2, 0.25) is 0 Å². The van der Waals surface area contributed by atoms with E-state index in [-0.39, 0.29) is 5.69 Å². The van der Waals surface area contributed by atoms with Crippen molar-refractivity contribution in [1.29, 1.82) is 0 Å². The molecule has 1 atom stereocenters. The predicted octanol–water partition coefficient (Wildman–Crippen LogP) is 3.38. The quantitative estimate of drug-likeness (QED) is 0.874. The zero-order valence-electron chi connectivity index (χ0n) is 12.1. The normalized spacial score (nSPS) is 17.8. The number of urea groups is 1. The predicted molar refractivity (Wildman–Crippen MR) is 78.3 cm³/mol. The van der Waals surface area contributed by atoms with Gasteiger partial charge in [-0.15, -0.1) is 13.2 Å². The molecule has 0 aliphatic carbocycles. The van der Waals surface area contributed by atoms with Gasteiger partial charge in [0.05, 0.1) is 5.69 Å². The number of nitrogens with one attached hydrogen (secondary N) is 1. The molecule has 1 saturated heterocycles. The van der Waals surface area contributed by atoms with Gasteiger partial charge in [0.25, 0.3) is 5.91 Å². The Bertz CT molecular complexity index is 760. The van der Waals surface area contributed by atoms with E-state index in [0.29, 0.717) is 5.56 Å². The second-order valence-corrected chi connectivity index (χ2v) is 5.01. The van der Waals surface area contributed by atoms with Crippen LogP contribution in [-0.4, -0.2) is 18.3 Å². The van der Waals surface area contributed by atoms with Crippen LogP contribution in [0.25, 0.3) is 0 Å². The third-order valence-corrected chi connectivity index (χ3v) is 3.40. The number of carbonyl (C=O) groups is 2. The van der Waals surface area contributed by atoms with Crippen LogP contribution in [0.5, 0.6) is 5.75 Å². The minimum Gasteiger partial charge on any atom is -0.406 e. The van der Waals surface area contributed by atoms with E-state index in [2.05, 4.69) is 10.1 Å². The summed E-state index contributed by atoms with van der Waals surface area (Å²) in [5.41, 5.74) is 0.779. The van der Waals surface area contributed by atoms with Gasteiger partial charge >= 0.3 is 12.4 Å². The van der Waals surface area contributed by atoms with Gasteiger partial charge < -0.3 is 10.1 Å². The molecule has 8 heteroatoms. The molecule has 1 N–H and O–H groups in total. The summed E-state index contributed by atoms with van der Waals surface area (Å²) in [6.45, 7) is 0. The molecule has 0 unspecified atom stereocenters. The van der Waals surface area contributed by atoms with E-state index >= 15 is 0 Å². The Labute approximate surface area is 134 Å². The highest BCUT2D eigenvalue weighted by atomic mass is 19.4. The third-order valence-electron chi connectivity index (χ3n) is 3.40. The molecule has 1 aliphatic heterocycles. The Morgan fingerprint density at radius 1 is 0.958 bits per heavy atom. The number of hydrogen-bond acceptors (Lipinski definition) is 3. The summed E-state index contributed by atoms with van der Waals surface area (Å²) in [6.07, 6.45) is -4.80. The van der Waals surface area contributed by atoms with Crippen molar-refractivity contribution in [2.24, 2.45) is 0 Å². The molecule has 2 aromatic carbocycles. The van der Waals surface area contributed by atoms with Crippen LogP contribution in [0.1, 0.15) is 11.6 Å². The number of hydrogen-bond donors (Lipinski definition) is 1. The lowest BCUT2D eigenvalue weighted by atomic mass is 10.1. The van der Waals surface area contributed by atoms with E-state index in [4.69, 9.17) is 0 Å². The van der Waals surface area contributed by atoms with Crippen molar-refractivity contribution in [3.8, 4) is 5.75 Å². The summed E-state index contributed by atoms with van der Waals surface area (Å²) in [7, 11) is 0. The largest absolute Gasteiger partial charge is 0.573 e. The Morgan fingerprint density at radius 3 is 2.17 bits per heavy atom. The van der Waals surface area contributed by atoms with Crippen molar-refractivity contribution in [1.82, 2.24) is 5.32 Å². The molecule has 24 heavy (non-hydrogen) atoms. The highest BCUT2D eigenvalue weighted by Crippen LogP contribution is 2.29. The van der Waals surface area contributed by atoms with E-state index in [1.54, 1.807) is 30.3 Å². The fourth-order valence-corrected chi connectivity index (χ4v) is 2.39. The topological polar surface area (TPSA) is 58.6 Å². The highest BCUT2D eigenvalue weighted by Gasteiger charge is 2.40. The first-order chi connectivity index (χ1) is 11.3. The molecule has 3 rings (SSSR count). The van der Waals surface area contributed by atoms with Crippen molar-refractivity contribution in [3.05, 3.63) is 60.2 Å². The summed E-state index contributed by atoms with van der Waals surface area (Å²) < 4.78 is 40.2. The van der Waals surface area contributed by atoms with Gasteiger partial charge in [-0.3, -0.25) is 4.79 Å². The Kier molecular flexibility index (Phi) is 3.88. The van der Waals surface area contributed by atoms with Gasteiger partial charge in [0.1, 0.15) is 11.8 Å². The fourth-order valence-electron chi connectivity index (χ4n) is 2.39. The molecule has 124 valence electrons. The zero-order chi connectivity index (χ0) is 17.3. The zero-order valence-corrected chi connectivity index (χ0v) is 12.1. The first-order valence-corrected chi connectivity index (χ1v) is 6.90. The van der Waals surface area contributed by atoms with Gasteiger partial charge in [-0.25, -0.2) is 9.69 Å². The van der Waals surface area contributed by atoms with Crippen molar-refractivity contribution in [3.63, 3.8) is 0 Å². The summed E-state index contributed by atoms with van der Waals surface area (Å²) in [5.74, 6) is -0.936. The van der Waals surface area contributed by atoms with Crippen molar-refractivity contribution in [2.45, 2.75) is 12.4 Å². The fraction of sp³-hybridized carbons (Fsp3) is 0.125. The summed E-state index contributed by atoms with van der Waals surface area (Å²) in [4.78, 5) is 25.4. The van der Waals surface area contributed by atoms with Gasteiger partial charge in [-0.1, -0.05) is 30.3 Å². The molecule has 1 fully saturated rings. The minimum absolute atomic E-state index is 0.158. The molecule has 0 bridgehead atoms. The van der Waals surface area contributed by atoms with Crippen molar-refractivity contribution in [2.75, 3.05) is 4.90 Å². The summed E-state index contributed by atoms with van der Waals surface area (Å²) >= 11 is 0. The van der Waals surface area contributed by atoms with Crippen LogP contribution in [0, 0.1) is 0 Å².